The Balaban J connectivity index is 1.83. The molecule has 7 heteroatoms. The molecular weight excluding hydrogens is 324 g/mol. The van der Waals surface area contributed by atoms with Crippen LogP contribution in [0.25, 0.3) is 22.2 Å². The van der Waals surface area contributed by atoms with Gasteiger partial charge in [-0.3, -0.25) is 4.79 Å². The van der Waals surface area contributed by atoms with E-state index in [-0.39, 0.29) is 5.91 Å². The van der Waals surface area contributed by atoms with E-state index in [9.17, 15) is 4.79 Å². The minimum atomic E-state index is -0.0383. The zero-order chi connectivity index (χ0) is 17.1. The normalized spacial score (nSPS) is 10.8. The first-order valence-corrected chi connectivity index (χ1v) is 8.57. The molecule has 2 heterocycles. The summed E-state index contributed by atoms with van der Waals surface area (Å²) in [6, 6.07) is 7.93. The Hall–Kier alpha value is -2.54. The third kappa shape index (κ3) is 3.51. The molecule has 1 aromatic carbocycles. The fraction of sp³-hybridized carbons (Fsp3) is 0.294. The smallest absolute Gasteiger partial charge is 0.270 e. The van der Waals surface area contributed by atoms with Gasteiger partial charge < -0.3 is 9.84 Å². The molecule has 124 valence electrons. The number of nitrogens with zero attached hydrogens (tertiary/aromatic N) is 3. The fourth-order valence-corrected chi connectivity index (χ4v) is 3.10. The molecule has 1 N–H and O–H groups in total. The van der Waals surface area contributed by atoms with Gasteiger partial charge in [0.05, 0.1) is 5.69 Å². The highest BCUT2D eigenvalue weighted by molar-refractivity contribution is 7.19. The van der Waals surface area contributed by atoms with Crippen molar-refractivity contribution >= 4 is 22.4 Å². The van der Waals surface area contributed by atoms with Crippen LogP contribution in [-0.2, 0) is 4.79 Å². The van der Waals surface area contributed by atoms with Crippen molar-refractivity contribution in [2.24, 2.45) is 0 Å². The van der Waals surface area contributed by atoms with Crippen LogP contribution in [0.5, 0.6) is 0 Å². The number of anilines is 1. The molecule has 6 nitrogen and oxygen atoms in total. The average molecular weight is 342 g/mol. The second-order valence-corrected chi connectivity index (χ2v) is 6.52. The van der Waals surface area contributed by atoms with E-state index in [4.69, 9.17) is 4.52 Å². The summed E-state index contributed by atoms with van der Waals surface area (Å²) in [6.45, 7) is 5.85. The number of aromatic nitrogens is 3. The number of hydrogen-bond acceptors (Lipinski definition) is 6. The molecule has 3 aromatic rings. The summed E-state index contributed by atoms with van der Waals surface area (Å²) in [4.78, 5) is 21.3. The molecule has 0 unspecified atom stereocenters. The Labute approximate surface area is 143 Å². The minimum absolute atomic E-state index is 0.0383. The number of carbonyl (C=O) groups is 1. The summed E-state index contributed by atoms with van der Waals surface area (Å²) >= 11 is 1.34. The lowest BCUT2D eigenvalue weighted by atomic mass is 10.1. The maximum absolute atomic E-state index is 11.7. The highest BCUT2D eigenvalue weighted by Gasteiger charge is 2.18. The highest BCUT2D eigenvalue weighted by Crippen LogP contribution is 2.32. The second-order valence-electron chi connectivity index (χ2n) is 5.52. The van der Waals surface area contributed by atoms with E-state index < -0.39 is 0 Å². The van der Waals surface area contributed by atoms with Gasteiger partial charge in [0.1, 0.15) is 4.88 Å². The van der Waals surface area contributed by atoms with Crippen LogP contribution in [0.3, 0.4) is 0 Å². The Morgan fingerprint density at radius 1 is 1.21 bits per heavy atom. The van der Waals surface area contributed by atoms with Gasteiger partial charge in [0.2, 0.25) is 11.7 Å². The summed E-state index contributed by atoms with van der Waals surface area (Å²) in [5.41, 5.74) is 2.83. The molecule has 0 spiro atoms. The standard InChI is InChI=1S/C17H18N4O2S/c1-4-5-13(22)19-17-18-11(3)14(24-17)16-20-15(21-23-16)12-8-6-10(2)7-9-12/h6-9H,4-5H2,1-3H3,(H,18,19,22). The van der Waals surface area contributed by atoms with Gasteiger partial charge in [0.15, 0.2) is 5.13 Å². The second kappa shape index (κ2) is 6.92. The lowest BCUT2D eigenvalue weighted by Gasteiger charge is -1.97. The van der Waals surface area contributed by atoms with Crippen molar-refractivity contribution in [2.45, 2.75) is 33.6 Å². The van der Waals surface area contributed by atoms with Crippen LogP contribution in [0.4, 0.5) is 5.13 Å². The van der Waals surface area contributed by atoms with Crippen LogP contribution in [0, 0.1) is 13.8 Å². The number of amides is 1. The van der Waals surface area contributed by atoms with E-state index in [1.54, 1.807) is 0 Å². The molecule has 0 bridgehead atoms. The molecule has 0 fully saturated rings. The van der Waals surface area contributed by atoms with Crippen LogP contribution in [0.1, 0.15) is 31.0 Å². The average Bonchev–Trinajstić information content (AvgIpc) is 3.15. The van der Waals surface area contributed by atoms with Crippen molar-refractivity contribution in [2.75, 3.05) is 5.32 Å². The zero-order valence-corrected chi connectivity index (χ0v) is 14.6. The Kier molecular flexibility index (Phi) is 4.71. The predicted molar refractivity (Wildman–Crippen MR) is 93.9 cm³/mol. The van der Waals surface area contributed by atoms with E-state index in [0.29, 0.717) is 23.3 Å². The maximum Gasteiger partial charge on any atom is 0.270 e. The molecule has 0 saturated carbocycles. The first kappa shape index (κ1) is 16.3. The van der Waals surface area contributed by atoms with Crippen molar-refractivity contribution in [1.82, 2.24) is 15.1 Å². The number of carbonyl (C=O) groups excluding carboxylic acids is 1. The zero-order valence-electron chi connectivity index (χ0n) is 13.8. The number of aryl methyl sites for hydroxylation is 2. The summed E-state index contributed by atoms with van der Waals surface area (Å²) in [5.74, 6) is 0.912. The largest absolute Gasteiger partial charge is 0.333 e. The van der Waals surface area contributed by atoms with E-state index in [0.717, 1.165) is 22.6 Å². The molecule has 0 saturated heterocycles. The molecule has 0 aliphatic heterocycles. The monoisotopic (exact) mass is 342 g/mol. The van der Waals surface area contributed by atoms with Crippen molar-refractivity contribution in [3.8, 4) is 22.2 Å². The first-order valence-electron chi connectivity index (χ1n) is 7.75. The number of nitrogens with one attached hydrogen (secondary N) is 1. The van der Waals surface area contributed by atoms with Crippen molar-refractivity contribution in [3.05, 3.63) is 35.5 Å². The highest BCUT2D eigenvalue weighted by atomic mass is 32.1. The van der Waals surface area contributed by atoms with Crippen molar-refractivity contribution in [1.29, 1.82) is 0 Å². The van der Waals surface area contributed by atoms with E-state index in [1.165, 1.54) is 16.9 Å². The number of benzene rings is 1. The predicted octanol–water partition coefficient (Wildman–Crippen LogP) is 4.22. The summed E-state index contributed by atoms with van der Waals surface area (Å²) in [6.07, 6.45) is 1.28. The maximum atomic E-state index is 11.7. The fourth-order valence-electron chi connectivity index (χ4n) is 2.19. The molecule has 0 aliphatic rings. The van der Waals surface area contributed by atoms with Crippen LogP contribution >= 0.6 is 11.3 Å². The SMILES string of the molecule is CCCC(=O)Nc1nc(C)c(-c2nc(-c3ccc(C)cc3)no2)s1. The number of hydrogen-bond donors (Lipinski definition) is 1. The van der Waals surface area contributed by atoms with E-state index in [1.807, 2.05) is 45.0 Å². The number of rotatable bonds is 5. The summed E-state index contributed by atoms with van der Waals surface area (Å²) in [7, 11) is 0. The van der Waals surface area contributed by atoms with E-state index in [2.05, 4.69) is 20.4 Å². The lowest BCUT2D eigenvalue weighted by molar-refractivity contribution is -0.116. The summed E-state index contributed by atoms with van der Waals surface area (Å²) < 4.78 is 5.38. The van der Waals surface area contributed by atoms with Crippen molar-refractivity contribution in [3.63, 3.8) is 0 Å². The van der Waals surface area contributed by atoms with Gasteiger partial charge >= 0.3 is 0 Å². The molecule has 1 amide bonds. The van der Waals surface area contributed by atoms with Crippen LogP contribution < -0.4 is 5.32 Å². The summed E-state index contributed by atoms with van der Waals surface area (Å²) in [5, 5.41) is 7.39. The van der Waals surface area contributed by atoms with Crippen LogP contribution in [-0.4, -0.2) is 21.0 Å². The van der Waals surface area contributed by atoms with Crippen molar-refractivity contribution < 1.29 is 9.32 Å². The molecule has 24 heavy (non-hydrogen) atoms. The minimum Gasteiger partial charge on any atom is -0.333 e. The van der Waals surface area contributed by atoms with Gasteiger partial charge in [-0.15, -0.1) is 0 Å². The van der Waals surface area contributed by atoms with Gasteiger partial charge in [-0.2, -0.15) is 4.98 Å². The Bertz CT molecular complexity index is 852. The third-order valence-electron chi connectivity index (χ3n) is 3.45. The van der Waals surface area contributed by atoms with Crippen LogP contribution in [0.2, 0.25) is 0 Å². The van der Waals surface area contributed by atoms with Gasteiger partial charge in [0, 0.05) is 12.0 Å². The molecule has 0 aliphatic carbocycles. The lowest BCUT2D eigenvalue weighted by Crippen LogP contribution is -2.10. The van der Waals surface area contributed by atoms with Gasteiger partial charge in [0.25, 0.3) is 5.89 Å². The molecule has 0 atom stereocenters. The van der Waals surface area contributed by atoms with E-state index >= 15 is 0 Å². The molecule has 2 aromatic heterocycles. The Morgan fingerprint density at radius 2 is 1.96 bits per heavy atom. The van der Waals surface area contributed by atoms with Gasteiger partial charge in [-0.25, -0.2) is 4.98 Å². The Morgan fingerprint density at radius 3 is 2.67 bits per heavy atom. The number of thiazole rings is 1. The van der Waals surface area contributed by atoms with Gasteiger partial charge in [-0.1, -0.05) is 53.2 Å². The molecule has 0 radical (unpaired) electrons. The quantitative estimate of drug-likeness (QED) is 0.751. The molecule has 3 rings (SSSR count). The van der Waals surface area contributed by atoms with Gasteiger partial charge in [-0.05, 0) is 20.3 Å². The first-order chi connectivity index (χ1) is 11.6. The van der Waals surface area contributed by atoms with Crippen LogP contribution in [0.15, 0.2) is 28.8 Å². The topological polar surface area (TPSA) is 80.9 Å². The third-order valence-corrected chi connectivity index (χ3v) is 4.51. The molecular formula is C17H18N4O2S.